The third-order valence-electron chi connectivity index (χ3n) is 3.84. The van der Waals surface area contributed by atoms with Crippen molar-refractivity contribution in [3.8, 4) is 0 Å². The topological polar surface area (TPSA) is 41.6 Å². The van der Waals surface area contributed by atoms with Crippen LogP contribution < -0.4 is 5.32 Å². The zero-order chi connectivity index (χ0) is 9.92. The normalized spacial score (nSPS) is 45.4. The van der Waals surface area contributed by atoms with Gasteiger partial charge in [-0.15, -0.1) is 0 Å². The van der Waals surface area contributed by atoms with E-state index in [0.717, 1.165) is 19.6 Å². The zero-order valence-corrected chi connectivity index (χ0v) is 8.62. The summed E-state index contributed by atoms with van der Waals surface area (Å²) >= 11 is 0. The van der Waals surface area contributed by atoms with Crippen LogP contribution in [-0.4, -0.2) is 48.7 Å². The van der Waals surface area contributed by atoms with E-state index < -0.39 is 0 Å². The number of rotatable bonds is 1. The first-order valence-electron chi connectivity index (χ1n) is 5.32. The van der Waals surface area contributed by atoms with Crippen molar-refractivity contribution in [1.82, 2.24) is 10.2 Å². The Morgan fingerprint density at radius 2 is 2.43 bits per heavy atom. The summed E-state index contributed by atoms with van der Waals surface area (Å²) in [6, 6.07) is 0.298. The molecule has 1 N–H and O–H groups in total. The molecule has 14 heavy (non-hydrogen) atoms. The van der Waals surface area contributed by atoms with Crippen LogP contribution in [0.25, 0.3) is 0 Å². The maximum absolute atomic E-state index is 11.9. The smallest absolute Gasteiger partial charge is 0.252 e. The first-order valence-corrected chi connectivity index (χ1v) is 5.32. The number of ether oxygens (including phenoxy) is 1. The standard InChI is InChI=1S/C10H16N2O2/c1-6(2)12-5-10-4-11-3-7(10)14-8(10)9(12)13/h6-8,11H,3-5H2,1-2H3. The lowest BCUT2D eigenvalue weighted by Gasteiger charge is -2.44. The lowest BCUT2D eigenvalue weighted by molar-refractivity contribution is -0.200. The van der Waals surface area contributed by atoms with Crippen molar-refractivity contribution < 1.29 is 9.53 Å². The first kappa shape index (κ1) is 8.68. The summed E-state index contributed by atoms with van der Waals surface area (Å²) in [5.41, 5.74) is 0.112. The summed E-state index contributed by atoms with van der Waals surface area (Å²) in [4.78, 5) is 13.9. The summed E-state index contributed by atoms with van der Waals surface area (Å²) in [7, 11) is 0. The van der Waals surface area contributed by atoms with Crippen molar-refractivity contribution in [2.45, 2.75) is 32.1 Å². The van der Waals surface area contributed by atoms with Gasteiger partial charge in [0.2, 0.25) is 0 Å². The van der Waals surface area contributed by atoms with Gasteiger partial charge in [0.05, 0.1) is 11.5 Å². The van der Waals surface area contributed by atoms with Crippen LogP contribution in [0.3, 0.4) is 0 Å². The molecule has 4 nitrogen and oxygen atoms in total. The summed E-state index contributed by atoms with van der Waals surface area (Å²) in [5.74, 6) is 0.194. The van der Waals surface area contributed by atoms with Gasteiger partial charge in [-0.1, -0.05) is 0 Å². The molecular weight excluding hydrogens is 180 g/mol. The van der Waals surface area contributed by atoms with Gasteiger partial charge in [0.1, 0.15) is 6.10 Å². The van der Waals surface area contributed by atoms with E-state index in [4.69, 9.17) is 4.74 Å². The lowest BCUT2D eigenvalue weighted by Crippen LogP contribution is -2.59. The molecule has 3 fully saturated rings. The van der Waals surface area contributed by atoms with E-state index in [2.05, 4.69) is 19.2 Å². The monoisotopic (exact) mass is 196 g/mol. The van der Waals surface area contributed by atoms with Crippen molar-refractivity contribution in [3.63, 3.8) is 0 Å². The second-order valence-electron chi connectivity index (χ2n) is 4.93. The van der Waals surface area contributed by atoms with Crippen LogP contribution in [0.1, 0.15) is 13.8 Å². The molecule has 3 aliphatic heterocycles. The van der Waals surface area contributed by atoms with Crippen molar-refractivity contribution in [2.24, 2.45) is 5.41 Å². The molecule has 0 aromatic carbocycles. The number of likely N-dealkylation sites (tertiary alicyclic amines) is 1. The predicted octanol–water partition coefficient (Wildman–Crippen LogP) is -0.406. The molecule has 3 unspecified atom stereocenters. The highest BCUT2D eigenvalue weighted by molar-refractivity contribution is 5.86. The van der Waals surface area contributed by atoms with Gasteiger partial charge in [-0.05, 0) is 13.8 Å². The summed E-state index contributed by atoms with van der Waals surface area (Å²) in [5, 5.41) is 3.32. The molecular formula is C10H16N2O2. The maximum Gasteiger partial charge on any atom is 0.252 e. The Labute approximate surface area is 83.6 Å². The average Bonchev–Trinajstić information content (AvgIpc) is 2.52. The molecule has 3 aliphatic rings. The van der Waals surface area contributed by atoms with Crippen LogP contribution in [0.4, 0.5) is 0 Å². The molecule has 0 aromatic rings. The fraction of sp³-hybridized carbons (Fsp3) is 0.900. The quantitative estimate of drug-likeness (QED) is 0.620. The van der Waals surface area contributed by atoms with E-state index >= 15 is 0 Å². The van der Waals surface area contributed by atoms with Crippen molar-refractivity contribution in [2.75, 3.05) is 19.6 Å². The molecule has 0 aliphatic carbocycles. The Morgan fingerprint density at radius 1 is 1.64 bits per heavy atom. The van der Waals surface area contributed by atoms with Crippen molar-refractivity contribution in [1.29, 1.82) is 0 Å². The summed E-state index contributed by atoms with van der Waals surface area (Å²) in [6.07, 6.45) is 0.130. The van der Waals surface area contributed by atoms with E-state index in [9.17, 15) is 4.79 Å². The van der Waals surface area contributed by atoms with E-state index in [0.29, 0.717) is 6.04 Å². The van der Waals surface area contributed by atoms with E-state index in [1.54, 1.807) is 0 Å². The van der Waals surface area contributed by atoms with Crippen LogP contribution in [0.5, 0.6) is 0 Å². The molecule has 0 aromatic heterocycles. The fourth-order valence-corrected chi connectivity index (χ4v) is 2.95. The largest absolute Gasteiger partial charge is 0.362 e. The molecule has 0 radical (unpaired) electrons. The second-order valence-corrected chi connectivity index (χ2v) is 4.93. The minimum atomic E-state index is -0.148. The number of carbonyl (C=O) groups is 1. The predicted molar refractivity (Wildman–Crippen MR) is 50.8 cm³/mol. The van der Waals surface area contributed by atoms with Gasteiger partial charge >= 0.3 is 0 Å². The minimum absolute atomic E-state index is 0.112. The van der Waals surface area contributed by atoms with Gasteiger partial charge in [0.15, 0.2) is 0 Å². The molecule has 3 heterocycles. The maximum atomic E-state index is 11.9. The third-order valence-corrected chi connectivity index (χ3v) is 3.84. The van der Waals surface area contributed by atoms with Crippen LogP contribution in [0.2, 0.25) is 0 Å². The molecule has 0 saturated carbocycles. The molecule has 3 rings (SSSR count). The molecule has 0 bridgehead atoms. The van der Waals surface area contributed by atoms with E-state index in [1.807, 2.05) is 4.90 Å². The Balaban J connectivity index is 1.89. The number of nitrogens with zero attached hydrogens (tertiary/aromatic N) is 1. The highest BCUT2D eigenvalue weighted by Crippen LogP contribution is 2.49. The lowest BCUT2D eigenvalue weighted by atomic mass is 9.76. The van der Waals surface area contributed by atoms with Gasteiger partial charge < -0.3 is 15.0 Å². The highest BCUT2D eigenvalue weighted by Gasteiger charge is 2.67. The Kier molecular flexibility index (Phi) is 1.55. The van der Waals surface area contributed by atoms with Crippen LogP contribution in [0.15, 0.2) is 0 Å². The highest BCUT2D eigenvalue weighted by atomic mass is 16.5. The van der Waals surface area contributed by atoms with Crippen LogP contribution >= 0.6 is 0 Å². The van der Waals surface area contributed by atoms with Gasteiger partial charge in [0.25, 0.3) is 5.91 Å². The SMILES string of the molecule is CC(C)N1CC23CNCC2OC3C1=O. The van der Waals surface area contributed by atoms with Crippen molar-refractivity contribution >= 4 is 5.91 Å². The Morgan fingerprint density at radius 3 is 3.07 bits per heavy atom. The number of nitrogens with one attached hydrogen (secondary N) is 1. The zero-order valence-electron chi connectivity index (χ0n) is 8.62. The second kappa shape index (κ2) is 2.49. The molecule has 1 spiro atoms. The molecule has 4 heteroatoms. The number of hydrogen-bond donors (Lipinski definition) is 1. The third kappa shape index (κ3) is 0.792. The van der Waals surface area contributed by atoms with Gasteiger partial charge in [0, 0.05) is 25.7 Å². The summed E-state index contributed by atoms with van der Waals surface area (Å²) in [6.45, 7) is 6.87. The van der Waals surface area contributed by atoms with Crippen LogP contribution in [0, 0.1) is 5.41 Å². The molecule has 1 amide bonds. The average molecular weight is 196 g/mol. The van der Waals surface area contributed by atoms with E-state index in [1.165, 1.54) is 0 Å². The number of amides is 1. The number of hydrogen-bond acceptors (Lipinski definition) is 3. The molecule has 3 saturated heterocycles. The Hall–Kier alpha value is -0.610. The van der Waals surface area contributed by atoms with E-state index in [-0.39, 0.29) is 23.5 Å². The van der Waals surface area contributed by atoms with Gasteiger partial charge in [-0.2, -0.15) is 0 Å². The number of carbonyl (C=O) groups excluding carboxylic acids is 1. The first-order chi connectivity index (χ1) is 6.65. The van der Waals surface area contributed by atoms with Gasteiger partial charge in [-0.25, -0.2) is 0 Å². The Bertz CT molecular complexity index is 288. The van der Waals surface area contributed by atoms with Crippen molar-refractivity contribution in [3.05, 3.63) is 0 Å². The van der Waals surface area contributed by atoms with Gasteiger partial charge in [-0.3, -0.25) is 4.79 Å². The molecule has 78 valence electrons. The summed E-state index contributed by atoms with van der Waals surface area (Å²) < 4.78 is 5.62. The minimum Gasteiger partial charge on any atom is -0.362 e. The molecule has 3 atom stereocenters. The van der Waals surface area contributed by atoms with Crippen LogP contribution in [-0.2, 0) is 9.53 Å². The fourth-order valence-electron chi connectivity index (χ4n) is 2.95.